The smallest absolute Gasteiger partial charge is 0.255 e. The number of hydrogen-bond acceptors (Lipinski definition) is 2. The van der Waals surface area contributed by atoms with Crippen molar-refractivity contribution in [2.75, 3.05) is 11.1 Å². The van der Waals surface area contributed by atoms with Gasteiger partial charge >= 0.3 is 0 Å². The van der Waals surface area contributed by atoms with E-state index in [1.165, 1.54) is 25.1 Å². The molecule has 3 nitrogen and oxygen atoms in total. The minimum absolute atomic E-state index is 0.0919. The molecule has 0 aliphatic heterocycles. The molecule has 2 aromatic carbocycles. The van der Waals surface area contributed by atoms with E-state index in [1.807, 2.05) is 0 Å². The fourth-order valence-electron chi connectivity index (χ4n) is 1.77. The second-order valence-corrected chi connectivity index (χ2v) is 4.54. The molecule has 2 rings (SSSR count). The third kappa shape index (κ3) is 2.61. The molecule has 0 unspecified atom stereocenters. The molecule has 0 spiro atoms. The van der Waals surface area contributed by atoms with E-state index in [0.717, 1.165) is 6.07 Å². The number of halogens is 2. The van der Waals surface area contributed by atoms with Crippen molar-refractivity contribution < 1.29 is 13.6 Å². The maximum atomic E-state index is 13.6. The van der Waals surface area contributed by atoms with Crippen LogP contribution in [0.15, 0.2) is 30.3 Å². The first-order valence-corrected chi connectivity index (χ1v) is 6.02. The maximum absolute atomic E-state index is 13.6. The van der Waals surface area contributed by atoms with Crippen molar-refractivity contribution in [2.45, 2.75) is 13.8 Å². The van der Waals surface area contributed by atoms with Gasteiger partial charge in [-0.15, -0.1) is 0 Å². The largest absolute Gasteiger partial charge is 0.398 e. The second-order valence-electron chi connectivity index (χ2n) is 4.54. The molecule has 5 heteroatoms. The van der Waals surface area contributed by atoms with Crippen molar-refractivity contribution in [2.24, 2.45) is 0 Å². The molecule has 0 atom stereocenters. The Morgan fingerprint density at radius 1 is 1.10 bits per heavy atom. The molecule has 0 fully saturated rings. The predicted molar refractivity (Wildman–Crippen MR) is 74.6 cm³/mol. The van der Waals surface area contributed by atoms with Gasteiger partial charge < -0.3 is 11.1 Å². The summed E-state index contributed by atoms with van der Waals surface area (Å²) < 4.78 is 26.9. The van der Waals surface area contributed by atoms with Crippen molar-refractivity contribution in [3.63, 3.8) is 0 Å². The van der Waals surface area contributed by atoms with Crippen LogP contribution in [0.3, 0.4) is 0 Å². The average molecular weight is 276 g/mol. The Kier molecular flexibility index (Phi) is 3.70. The Bertz CT molecular complexity index is 661. The van der Waals surface area contributed by atoms with E-state index >= 15 is 0 Å². The molecule has 0 saturated heterocycles. The van der Waals surface area contributed by atoms with Gasteiger partial charge in [-0.3, -0.25) is 4.79 Å². The van der Waals surface area contributed by atoms with Gasteiger partial charge in [0.05, 0.1) is 0 Å². The van der Waals surface area contributed by atoms with Crippen LogP contribution in [0.5, 0.6) is 0 Å². The van der Waals surface area contributed by atoms with Gasteiger partial charge in [0.15, 0.2) is 0 Å². The minimum atomic E-state index is -0.550. The van der Waals surface area contributed by atoms with E-state index in [1.54, 1.807) is 13.0 Å². The van der Waals surface area contributed by atoms with Gasteiger partial charge in [-0.1, -0.05) is 6.07 Å². The van der Waals surface area contributed by atoms with E-state index in [-0.39, 0.29) is 11.3 Å². The number of hydrogen-bond donors (Lipinski definition) is 2. The van der Waals surface area contributed by atoms with Gasteiger partial charge in [-0.25, -0.2) is 8.78 Å². The number of amides is 1. The molecule has 0 aliphatic rings. The third-order valence-electron chi connectivity index (χ3n) is 3.16. The summed E-state index contributed by atoms with van der Waals surface area (Å²) in [6.45, 7) is 3.08. The van der Waals surface area contributed by atoms with Crippen LogP contribution in [0.2, 0.25) is 0 Å². The fraction of sp³-hybridized carbons (Fsp3) is 0.133. The summed E-state index contributed by atoms with van der Waals surface area (Å²) in [5.74, 6) is -1.51. The summed E-state index contributed by atoms with van der Waals surface area (Å²) in [4.78, 5) is 12.0. The monoisotopic (exact) mass is 276 g/mol. The predicted octanol–water partition coefficient (Wildman–Crippen LogP) is 3.42. The van der Waals surface area contributed by atoms with Crippen molar-refractivity contribution >= 4 is 17.3 Å². The van der Waals surface area contributed by atoms with Gasteiger partial charge in [-0.05, 0) is 38.1 Å². The summed E-state index contributed by atoms with van der Waals surface area (Å²) in [6.07, 6.45) is 0. The van der Waals surface area contributed by atoms with Crippen molar-refractivity contribution in [1.82, 2.24) is 0 Å². The van der Waals surface area contributed by atoms with Gasteiger partial charge in [-0.2, -0.15) is 0 Å². The lowest BCUT2D eigenvalue weighted by Crippen LogP contribution is -2.14. The molecule has 0 aliphatic carbocycles. The zero-order valence-corrected chi connectivity index (χ0v) is 11.1. The van der Waals surface area contributed by atoms with E-state index in [4.69, 9.17) is 5.73 Å². The third-order valence-corrected chi connectivity index (χ3v) is 3.16. The summed E-state index contributed by atoms with van der Waals surface area (Å²) in [5, 5.41) is 2.54. The molecule has 0 bridgehead atoms. The van der Waals surface area contributed by atoms with Crippen LogP contribution in [0.4, 0.5) is 20.2 Å². The lowest BCUT2D eigenvalue weighted by molar-refractivity contribution is 0.102. The van der Waals surface area contributed by atoms with Crippen LogP contribution >= 0.6 is 0 Å². The van der Waals surface area contributed by atoms with Crippen molar-refractivity contribution in [3.8, 4) is 0 Å². The first-order valence-electron chi connectivity index (χ1n) is 6.02. The molecular formula is C15H14F2N2O. The van der Waals surface area contributed by atoms with Crippen LogP contribution < -0.4 is 11.1 Å². The number of anilines is 2. The van der Waals surface area contributed by atoms with E-state index in [9.17, 15) is 13.6 Å². The number of carbonyl (C=O) groups is 1. The highest BCUT2D eigenvalue weighted by molar-refractivity contribution is 6.05. The molecule has 104 valence electrons. The zero-order chi connectivity index (χ0) is 14.9. The first-order chi connectivity index (χ1) is 9.40. The number of carbonyl (C=O) groups excluding carboxylic acids is 1. The number of benzene rings is 2. The van der Waals surface area contributed by atoms with Crippen LogP contribution in [-0.2, 0) is 0 Å². The number of rotatable bonds is 2. The van der Waals surface area contributed by atoms with Gasteiger partial charge in [0, 0.05) is 28.1 Å². The van der Waals surface area contributed by atoms with E-state index < -0.39 is 17.5 Å². The summed E-state index contributed by atoms with van der Waals surface area (Å²) in [6, 6.07) is 6.86. The molecule has 20 heavy (non-hydrogen) atoms. The normalized spacial score (nSPS) is 10.4. The Labute approximate surface area is 115 Å². The molecule has 0 saturated carbocycles. The zero-order valence-electron chi connectivity index (χ0n) is 11.1. The van der Waals surface area contributed by atoms with Crippen LogP contribution in [-0.4, -0.2) is 5.91 Å². The standard InChI is InChI=1S/C15H14F2N2O/c1-8-12(17)6-10(7-13(8)18)15(20)19-14-5-3-4-11(16)9(14)2/h3-7H,18H2,1-2H3,(H,19,20). The van der Waals surface area contributed by atoms with Crippen LogP contribution in [0.25, 0.3) is 0 Å². The fourth-order valence-corrected chi connectivity index (χ4v) is 1.77. The Balaban J connectivity index is 2.31. The highest BCUT2D eigenvalue weighted by atomic mass is 19.1. The lowest BCUT2D eigenvalue weighted by atomic mass is 10.1. The highest BCUT2D eigenvalue weighted by Gasteiger charge is 2.13. The summed E-state index contributed by atoms with van der Waals surface area (Å²) in [5.41, 5.74) is 6.88. The van der Waals surface area contributed by atoms with Gasteiger partial charge in [0.1, 0.15) is 11.6 Å². The van der Waals surface area contributed by atoms with Crippen molar-refractivity contribution in [1.29, 1.82) is 0 Å². The quantitative estimate of drug-likeness (QED) is 0.826. The van der Waals surface area contributed by atoms with E-state index in [0.29, 0.717) is 16.8 Å². The maximum Gasteiger partial charge on any atom is 0.255 e. The molecule has 0 radical (unpaired) electrons. The van der Waals surface area contributed by atoms with Crippen LogP contribution in [0, 0.1) is 25.5 Å². The molecule has 0 heterocycles. The number of nitrogen functional groups attached to an aromatic ring is 1. The molecule has 0 aromatic heterocycles. The lowest BCUT2D eigenvalue weighted by Gasteiger charge is -2.10. The van der Waals surface area contributed by atoms with E-state index in [2.05, 4.69) is 5.32 Å². The molecule has 1 amide bonds. The van der Waals surface area contributed by atoms with Crippen molar-refractivity contribution in [3.05, 3.63) is 58.7 Å². The van der Waals surface area contributed by atoms with Gasteiger partial charge in [0.25, 0.3) is 5.91 Å². The molecule has 2 aromatic rings. The van der Waals surface area contributed by atoms with Crippen LogP contribution in [0.1, 0.15) is 21.5 Å². The Morgan fingerprint density at radius 2 is 1.80 bits per heavy atom. The number of nitrogens with two attached hydrogens (primary N) is 1. The first kappa shape index (κ1) is 14.0. The highest BCUT2D eigenvalue weighted by Crippen LogP contribution is 2.21. The Hall–Kier alpha value is -2.43. The average Bonchev–Trinajstić information content (AvgIpc) is 2.40. The number of nitrogens with one attached hydrogen (secondary N) is 1. The molecule has 3 N–H and O–H groups in total. The van der Waals surface area contributed by atoms with Gasteiger partial charge in [0.2, 0.25) is 0 Å². The Morgan fingerprint density at radius 3 is 2.45 bits per heavy atom. The summed E-state index contributed by atoms with van der Waals surface area (Å²) >= 11 is 0. The SMILES string of the molecule is Cc1c(N)cc(C(=O)Nc2cccc(F)c2C)cc1F. The molecular weight excluding hydrogens is 262 g/mol. The summed E-state index contributed by atoms with van der Waals surface area (Å²) in [7, 11) is 0. The second kappa shape index (κ2) is 5.28. The minimum Gasteiger partial charge on any atom is -0.398 e. The topological polar surface area (TPSA) is 55.1 Å².